The summed E-state index contributed by atoms with van der Waals surface area (Å²) in [5.74, 6) is 2.85. The van der Waals surface area contributed by atoms with Gasteiger partial charge in [-0.3, -0.25) is 4.90 Å². The summed E-state index contributed by atoms with van der Waals surface area (Å²) in [5.41, 5.74) is 3.71. The summed E-state index contributed by atoms with van der Waals surface area (Å²) in [4.78, 5) is 11.6. The number of ether oxygens (including phenoxy) is 2. The maximum Gasteiger partial charge on any atom is 0.230 e. The van der Waals surface area contributed by atoms with Gasteiger partial charge in [0, 0.05) is 23.2 Å². The van der Waals surface area contributed by atoms with E-state index in [1.807, 2.05) is 32.9 Å². The van der Waals surface area contributed by atoms with E-state index in [4.69, 9.17) is 18.9 Å². The van der Waals surface area contributed by atoms with Crippen molar-refractivity contribution in [2.24, 2.45) is 0 Å². The van der Waals surface area contributed by atoms with E-state index in [9.17, 15) is 0 Å². The molecule has 28 heavy (non-hydrogen) atoms. The van der Waals surface area contributed by atoms with Crippen LogP contribution >= 0.6 is 11.3 Å². The van der Waals surface area contributed by atoms with Crippen molar-refractivity contribution < 1.29 is 13.9 Å². The lowest BCUT2D eigenvalue weighted by atomic mass is 10.1. The number of hydrogen-bond acceptors (Lipinski definition) is 7. The second-order valence-electron chi connectivity index (χ2n) is 6.91. The molecule has 3 aromatic rings. The van der Waals surface area contributed by atoms with Crippen molar-refractivity contribution in [3.8, 4) is 23.0 Å². The lowest BCUT2D eigenvalue weighted by molar-refractivity contribution is 0.248. The molecule has 2 aromatic heterocycles. The smallest absolute Gasteiger partial charge is 0.230 e. The summed E-state index contributed by atoms with van der Waals surface area (Å²) in [6, 6.07) is 4.03. The van der Waals surface area contributed by atoms with Gasteiger partial charge in [-0.1, -0.05) is 0 Å². The van der Waals surface area contributed by atoms with Crippen molar-refractivity contribution in [3.05, 3.63) is 45.2 Å². The molecule has 0 saturated heterocycles. The number of rotatable bonds is 7. The minimum atomic E-state index is 0.205. The van der Waals surface area contributed by atoms with E-state index >= 15 is 0 Å². The third kappa shape index (κ3) is 3.91. The lowest BCUT2D eigenvalue weighted by Crippen LogP contribution is -2.22. The summed E-state index contributed by atoms with van der Waals surface area (Å²) in [5, 5.41) is 3.19. The molecular weight excluding hydrogens is 374 g/mol. The zero-order valence-corrected chi connectivity index (χ0v) is 18.3. The molecule has 0 amide bonds. The summed E-state index contributed by atoms with van der Waals surface area (Å²) in [6.07, 6.45) is 0. The van der Waals surface area contributed by atoms with Crippen molar-refractivity contribution in [2.45, 2.75) is 40.3 Å². The van der Waals surface area contributed by atoms with Crippen LogP contribution in [0, 0.1) is 20.8 Å². The molecule has 0 radical (unpaired) electrons. The van der Waals surface area contributed by atoms with Crippen LogP contribution in [0.4, 0.5) is 0 Å². The number of oxazole rings is 1. The highest BCUT2D eigenvalue weighted by Crippen LogP contribution is 2.38. The van der Waals surface area contributed by atoms with Gasteiger partial charge in [-0.25, -0.2) is 9.97 Å². The Balaban J connectivity index is 1.86. The molecule has 0 bridgehead atoms. The number of aromatic nitrogens is 2. The van der Waals surface area contributed by atoms with Crippen LogP contribution in [0.5, 0.6) is 11.5 Å². The van der Waals surface area contributed by atoms with Crippen molar-refractivity contribution in [3.63, 3.8) is 0 Å². The highest BCUT2D eigenvalue weighted by molar-refractivity contribution is 7.09. The van der Waals surface area contributed by atoms with Crippen LogP contribution in [0.2, 0.25) is 0 Å². The van der Waals surface area contributed by atoms with E-state index in [0.29, 0.717) is 18.2 Å². The number of benzene rings is 1. The van der Waals surface area contributed by atoms with Crippen LogP contribution in [-0.4, -0.2) is 36.1 Å². The normalized spacial score (nSPS) is 12.4. The Kier molecular flexibility index (Phi) is 6.05. The van der Waals surface area contributed by atoms with Gasteiger partial charge in [0.2, 0.25) is 5.89 Å². The fourth-order valence-electron chi connectivity index (χ4n) is 3.14. The first-order chi connectivity index (χ1) is 13.3. The molecule has 0 N–H and O–H groups in total. The minimum absolute atomic E-state index is 0.205. The van der Waals surface area contributed by atoms with E-state index in [1.165, 1.54) is 0 Å². The van der Waals surface area contributed by atoms with Crippen LogP contribution in [0.3, 0.4) is 0 Å². The average Bonchev–Trinajstić information content (AvgIpc) is 3.26. The third-order valence-electron chi connectivity index (χ3n) is 4.96. The quantitative estimate of drug-likeness (QED) is 0.559. The van der Waals surface area contributed by atoms with Gasteiger partial charge in [0.05, 0.1) is 31.5 Å². The number of aryl methyl sites for hydroxylation is 2. The van der Waals surface area contributed by atoms with Crippen molar-refractivity contribution in [1.82, 2.24) is 14.9 Å². The molecule has 0 spiro atoms. The van der Waals surface area contributed by atoms with Gasteiger partial charge in [0.15, 0.2) is 0 Å². The first kappa shape index (κ1) is 20.4. The summed E-state index contributed by atoms with van der Waals surface area (Å²) < 4.78 is 17.0. The fraction of sp³-hybridized carbons (Fsp3) is 0.429. The van der Waals surface area contributed by atoms with Crippen LogP contribution in [-0.2, 0) is 6.54 Å². The molecule has 0 fully saturated rings. The van der Waals surface area contributed by atoms with Crippen LogP contribution in [0.25, 0.3) is 11.5 Å². The van der Waals surface area contributed by atoms with Gasteiger partial charge in [-0.15, -0.1) is 11.3 Å². The Labute approximate surface area is 170 Å². The molecule has 7 heteroatoms. The molecular formula is C21H27N3O3S. The topological polar surface area (TPSA) is 60.6 Å². The Morgan fingerprint density at radius 1 is 1.14 bits per heavy atom. The van der Waals surface area contributed by atoms with Crippen molar-refractivity contribution >= 4 is 11.3 Å². The third-order valence-corrected chi connectivity index (χ3v) is 6.09. The number of nitrogens with zero attached hydrogens (tertiary/aromatic N) is 3. The Morgan fingerprint density at radius 2 is 1.89 bits per heavy atom. The maximum atomic E-state index is 5.99. The average molecular weight is 402 g/mol. The number of hydrogen-bond donors (Lipinski definition) is 0. The molecule has 0 aliphatic carbocycles. The summed E-state index contributed by atoms with van der Waals surface area (Å²) >= 11 is 1.69. The monoisotopic (exact) mass is 401 g/mol. The van der Waals surface area contributed by atoms with Gasteiger partial charge >= 0.3 is 0 Å². The lowest BCUT2D eigenvalue weighted by Gasteiger charge is -2.21. The zero-order chi connectivity index (χ0) is 20.4. The molecule has 150 valence electrons. The molecule has 6 nitrogen and oxygen atoms in total. The van der Waals surface area contributed by atoms with Gasteiger partial charge < -0.3 is 13.9 Å². The van der Waals surface area contributed by atoms with E-state index in [1.54, 1.807) is 25.6 Å². The van der Waals surface area contributed by atoms with E-state index in [-0.39, 0.29) is 6.04 Å². The highest BCUT2D eigenvalue weighted by atomic mass is 32.1. The van der Waals surface area contributed by atoms with E-state index in [2.05, 4.69) is 29.2 Å². The SMILES string of the molecule is COc1ccc(-c2nc(CN(C)[C@H](C)c3nc(C)cs3)c(C)o2)c(OC)c1C. The van der Waals surface area contributed by atoms with E-state index in [0.717, 1.165) is 39.0 Å². The van der Waals surface area contributed by atoms with Crippen molar-refractivity contribution in [1.29, 1.82) is 0 Å². The van der Waals surface area contributed by atoms with Gasteiger partial charge in [0.25, 0.3) is 0 Å². The predicted octanol–water partition coefficient (Wildman–Crippen LogP) is 4.93. The minimum Gasteiger partial charge on any atom is -0.496 e. The van der Waals surface area contributed by atoms with Gasteiger partial charge in [0.1, 0.15) is 22.3 Å². The number of thiazole rings is 1. The first-order valence-corrected chi connectivity index (χ1v) is 10.0. The second kappa shape index (κ2) is 8.32. The maximum absolute atomic E-state index is 5.99. The standard InChI is InChI=1S/C21H27N3O3S/c1-12-11-28-21(22-12)14(3)24(5)10-17-15(4)27-20(23-17)16-8-9-18(25-6)13(2)19(16)26-7/h8-9,11,14H,10H2,1-7H3/t14-/m1/s1. The molecule has 0 unspecified atom stereocenters. The van der Waals surface area contributed by atoms with Gasteiger partial charge in [-0.05, 0) is 46.9 Å². The fourth-order valence-corrected chi connectivity index (χ4v) is 4.06. The molecule has 2 heterocycles. The Bertz CT molecular complexity index is 964. The molecule has 1 atom stereocenters. The summed E-state index contributed by atoms with van der Waals surface area (Å²) in [6.45, 7) is 8.76. The summed E-state index contributed by atoms with van der Waals surface area (Å²) in [7, 11) is 5.37. The zero-order valence-electron chi connectivity index (χ0n) is 17.5. The Hall–Kier alpha value is -2.38. The molecule has 1 aromatic carbocycles. The van der Waals surface area contributed by atoms with E-state index < -0.39 is 0 Å². The first-order valence-electron chi connectivity index (χ1n) is 9.16. The second-order valence-corrected chi connectivity index (χ2v) is 7.80. The Morgan fingerprint density at radius 3 is 2.50 bits per heavy atom. The van der Waals surface area contributed by atoms with Crippen LogP contribution in [0.15, 0.2) is 21.9 Å². The largest absolute Gasteiger partial charge is 0.496 e. The molecule has 3 rings (SSSR count). The van der Waals surface area contributed by atoms with Crippen LogP contribution in [0.1, 0.15) is 40.7 Å². The molecule has 0 aliphatic rings. The predicted molar refractivity (Wildman–Crippen MR) is 111 cm³/mol. The molecule has 0 aliphatic heterocycles. The van der Waals surface area contributed by atoms with Crippen LogP contribution < -0.4 is 9.47 Å². The highest BCUT2D eigenvalue weighted by Gasteiger charge is 2.21. The number of methoxy groups -OCH3 is 2. The molecule has 0 saturated carbocycles. The van der Waals surface area contributed by atoms with Crippen molar-refractivity contribution in [2.75, 3.05) is 21.3 Å². The van der Waals surface area contributed by atoms with Gasteiger partial charge in [-0.2, -0.15) is 0 Å².